The van der Waals surface area contributed by atoms with Gasteiger partial charge in [0.2, 0.25) is 0 Å². The van der Waals surface area contributed by atoms with Gasteiger partial charge in [0.1, 0.15) is 11.4 Å². The third-order valence-corrected chi connectivity index (χ3v) is 2.55. The lowest BCUT2D eigenvalue weighted by atomic mass is 10.1. The number of fused-ring (bicyclic) bond motifs is 1. The molecule has 1 N–H and O–H groups in total. The van der Waals surface area contributed by atoms with Crippen molar-refractivity contribution in [2.45, 2.75) is 32.8 Å². The maximum Gasteiger partial charge on any atom is 0.143 e. The van der Waals surface area contributed by atoms with Crippen molar-refractivity contribution in [3.8, 4) is 5.75 Å². The van der Waals surface area contributed by atoms with Crippen LogP contribution in [0.15, 0.2) is 18.2 Å². The van der Waals surface area contributed by atoms with Gasteiger partial charge in [-0.15, -0.1) is 0 Å². The Hall–Kier alpha value is -1.18. The fraction of sp³-hybridized carbons (Fsp3) is 0.500. The topological polar surface area (TPSA) is 21.3 Å². The Morgan fingerprint density at radius 3 is 2.93 bits per heavy atom. The molecule has 1 aliphatic rings. The molecule has 1 heterocycles. The van der Waals surface area contributed by atoms with E-state index in [1.807, 2.05) is 0 Å². The molecule has 0 radical (unpaired) electrons. The van der Waals surface area contributed by atoms with E-state index in [4.69, 9.17) is 4.74 Å². The quantitative estimate of drug-likeness (QED) is 0.737. The first kappa shape index (κ1) is 9.38. The van der Waals surface area contributed by atoms with Crippen LogP contribution >= 0.6 is 0 Å². The monoisotopic (exact) mass is 191 g/mol. The van der Waals surface area contributed by atoms with Gasteiger partial charge in [-0.25, -0.2) is 0 Å². The molecule has 0 saturated heterocycles. The molecule has 1 aliphatic heterocycles. The second kappa shape index (κ2) is 3.19. The smallest absolute Gasteiger partial charge is 0.143 e. The van der Waals surface area contributed by atoms with Crippen molar-refractivity contribution in [2.75, 3.05) is 11.9 Å². The van der Waals surface area contributed by atoms with Gasteiger partial charge < -0.3 is 10.1 Å². The molecule has 0 aliphatic carbocycles. The van der Waals surface area contributed by atoms with Crippen LogP contribution in [0.4, 0.5) is 5.69 Å². The van der Waals surface area contributed by atoms with Gasteiger partial charge in [0, 0.05) is 0 Å². The number of hydrogen-bond acceptors (Lipinski definition) is 2. The first-order chi connectivity index (χ1) is 6.61. The highest BCUT2D eigenvalue weighted by molar-refractivity contribution is 5.59. The Morgan fingerprint density at radius 1 is 1.43 bits per heavy atom. The molecule has 0 amide bonds. The van der Waals surface area contributed by atoms with E-state index in [1.165, 1.54) is 5.56 Å². The predicted octanol–water partition coefficient (Wildman–Crippen LogP) is 2.83. The van der Waals surface area contributed by atoms with Crippen LogP contribution in [0.25, 0.3) is 0 Å². The van der Waals surface area contributed by atoms with Crippen molar-refractivity contribution in [3.63, 3.8) is 0 Å². The highest BCUT2D eigenvalue weighted by atomic mass is 16.5. The summed E-state index contributed by atoms with van der Waals surface area (Å²) in [6, 6.07) is 6.38. The summed E-state index contributed by atoms with van der Waals surface area (Å²) < 4.78 is 5.90. The van der Waals surface area contributed by atoms with Crippen LogP contribution in [-0.4, -0.2) is 12.1 Å². The minimum atomic E-state index is -0.0979. The molecule has 0 fully saturated rings. The second-order valence-electron chi connectivity index (χ2n) is 4.40. The van der Waals surface area contributed by atoms with Crippen molar-refractivity contribution in [3.05, 3.63) is 23.8 Å². The summed E-state index contributed by atoms with van der Waals surface area (Å²) in [6.45, 7) is 7.22. The summed E-state index contributed by atoms with van der Waals surface area (Å²) in [5.74, 6) is 0.987. The van der Waals surface area contributed by atoms with E-state index in [2.05, 4.69) is 44.3 Å². The number of rotatable bonds is 1. The fourth-order valence-corrected chi connectivity index (χ4v) is 1.66. The zero-order valence-electron chi connectivity index (χ0n) is 9.05. The largest absolute Gasteiger partial charge is 0.484 e. The molecule has 0 atom stereocenters. The molecule has 0 aromatic heterocycles. The summed E-state index contributed by atoms with van der Waals surface area (Å²) in [5, 5.41) is 3.38. The number of nitrogens with one attached hydrogen (secondary N) is 1. The van der Waals surface area contributed by atoms with Crippen LogP contribution in [-0.2, 0) is 6.42 Å². The van der Waals surface area contributed by atoms with E-state index in [0.717, 1.165) is 24.4 Å². The standard InChI is InChI=1S/C12H17NO/c1-4-9-5-6-10-11(7-9)14-12(2,3)8-13-10/h5-7,13H,4,8H2,1-3H3. The third kappa shape index (κ3) is 1.69. The van der Waals surface area contributed by atoms with Crippen molar-refractivity contribution in [1.29, 1.82) is 0 Å². The average molecular weight is 191 g/mol. The van der Waals surface area contributed by atoms with Gasteiger partial charge >= 0.3 is 0 Å². The molecule has 0 bridgehead atoms. The van der Waals surface area contributed by atoms with Gasteiger partial charge in [0.05, 0.1) is 12.2 Å². The van der Waals surface area contributed by atoms with Gasteiger partial charge in [-0.2, -0.15) is 0 Å². The molecule has 1 aromatic rings. The van der Waals surface area contributed by atoms with Crippen molar-refractivity contribution < 1.29 is 4.74 Å². The van der Waals surface area contributed by atoms with Crippen molar-refractivity contribution in [1.82, 2.24) is 0 Å². The Morgan fingerprint density at radius 2 is 2.21 bits per heavy atom. The molecule has 2 rings (SSSR count). The van der Waals surface area contributed by atoms with Crippen LogP contribution < -0.4 is 10.1 Å². The molecule has 2 heteroatoms. The van der Waals surface area contributed by atoms with Crippen LogP contribution in [0.5, 0.6) is 5.75 Å². The first-order valence-electron chi connectivity index (χ1n) is 5.16. The fourth-order valence-electron chi connectivity index (χ4n) is 1.66. The number of ether oxygens (including phenoxy) is 1. The molecule has 2 nitrogen and oxygen atoms in total. The SMILES string of the molecule is CCc1ccc2c(c1)OC(C)(C)CN2. The lowest BCUT2D eigenvalue weighted by molar-refractivity contribution is 0.116. The molecule has 0 unspecified atom stereocenters. The molecule has 0 saturated carbocycles. The Balaban J connectivity index is 2.34. The zero-order chi connectivity index (χ0) is 10.2. The Labute approximate surface area is 85.3 Å². The molecular weight excluding hydrogens is 174 g/mol. The van der Waals surface area contributed by atoms with Crippen LogP contribution in [0.2, 0.25) is 0 Å². The lowest BCUT2D eigenvalue weighted by Gasteiger charge is -2.33. The number of hydrogen-bond donors (Lipinski definition) is 1. The van der Waals surface area contributed by atoms with Gasteiger partial charge in [-0.05, 0) is 38.0 Å². The summed E-state index contributed by atoms with van der Waals surface area (Å²) in [5.41, 5.74) is 2.34. The van der Waals surface area contributed by atoms with Gasteiger partial charge in [0.25, 0.3) is 0 Å². The Kier molecular flexibility index (Phi) is 2.14. The maximum atomic E-state index is 5.90. The molecular formula is C12H17NO. The average Bonchev–Trinajstić information content (AvgIpc) is 2.15. The number of benzene rings is 1. The summed E-state index contributed by atoms with van der Waals surface area (Å²) in [4.78, 5) is 0. The number of anilines is 1. The van der Waals surface area contributed by atoms with Crippen LogP contribution in [0, 0.1) is 0 Å². The second-order valence-corrected chi connectivity index (χ2v) is 4.40. The minimum Gasteiger partial charge on any atom is -0.484 e. The molecule has 76 valence electrons. The highest BCUT2D eigenvalue weighted by Gasteiger charge is 2.25. The normalized spacial score (nSPS) is 17.9. The van der Waals surface area contributed by atoms with E-state index < -0.39 is 0 Å². The van der Waals surface area contributed by atoms with E-state index >= 15 is 0 Å². The van der Waals surface area contributed by atoms with Gasteiger partial charge in [0.15, 0.2) is 0 Å². The lowest BCUT2D eigenvalue weighted by Crippen LogP contribution is -2.40. The molecule has 14 heavy (non-hydrogen) atoms. The molecule has 0 spiro atoms. The first-order valence-corrected chi connectivity index (χ1v) is 5.16. The van der Waals surface area contributed by atoms with Crippen LogP contribution in [0.3, 0.4) is 0 Å². The van der Waals surface area contributed by atoms with E-state index in [9.17, 15) is 0 Å². The predicted molar refractivity (Wildman–Crippen MR) is 59.0 cm³/mol. The third-order valence-electron chi connectivity index (χ3n) is 2.55. The maximum absolute atomic E-state index is 5.90. The Bertz CT molecular complexity index is 344. The van der Waals surface area contributed by atoms with Crippen molar-refractivity contribution >= 4 is 5.69 Å². The summed E-state index contributed by atoms with van der Waals surface area (Å²) in [7, 11) is 0. The zero-order valence-corrected chi connectivity index (χ0v) is 9.05. The van der Waals surface area contributed by atoms with E-state index in [1.54, 1.807) is 0 Å². The minimum absolute atomic E-state index is 0.0979. The number of aryl methyl sites for hydroxylation is 1. The highest BCUT2D eigenvalue weighted by Crippen LogP contribution is 2.33. The molecule has 1 aromatic carbocycles. The van der Waals surface area contributed by atoms with Crippen molar-refractivity contribution in [2.24, 2.45) is 0 Å². The van der Waals surface area contributed by atoms with Crippen LogP contribution in [0.1, 0.15) is 26.3 Å². The summed E-state index contributed by atoms with van der Waals surface area (Å²) in [6.07, 6.45) is 1.05. The van der Waals surface area contributed by atoms with E-state index in [-0.39, 0.29) is 5.60 Å². The summed E-state index contributed by atoms with van der Waals surface area (Å²) >= 11 is 0. The van der Waals surface area contributed by atoms with E-state index in [0.29, 0.717) is 0 Å². The van der Waals surface area contributed by atoms with Gasteiger partial charge in [-0.1, -0.05) is 13.0 Å². The van der Waals surface area contributed by atoms with Gasteiger partial charge in [-0.3, -0.25) is 0 Å².